The molecule has 1 N–H and O–H groups in total. The van der Waals surface area contributed by atoms with Gasteiger partial charge in [0.05, 0.1) is 0 Å². The molecular formula is C15H22ClNO. The van der Waals surface area contributed by atoms with Crippen LogP contribution in [-0.2, 0) is 4.74 Å². The number of rotatable bonds is 4. The second-order valence-electron chi connectivity index (χ2n) is 5.05. The molecule has 1 aromatic rings. The van der Waals surface area contributed by atoms with Gasteiger partial charge in [0.1, 0.15) is 0 Å². The van der Waals surface area contributed by atoms with Gasteiger partial charge < -0.3 is 10.1 Å². The molecule has 1 aromatic carbocycles. The molecule has 1 saturated heterocycles. The van der Waals surface area contributed by atoms with Crippen LogP contribution in [0.1, 0.15) is 36.9 Å². The zero-order valence-corrected chi connectivity index (χ0v) is 12.0. The fourth-order valence-corrected chi connectivity index (χ4v) is 3.07. The zero-order chi connectivity index (χ0) is 13.0. The standard InChI is InChI=1S/C15H22ClNO/c1-3-17-15(12-4-6-18-7-5-12)13-8-11(2)9-14(16)10-13/h8-10,12,15,17H,3-7H2,1-2H3. The molecule has 0 bridgehead atoms. The van der Waals surface area contributed by atoms with Crippen molar-refractivity contribution < 1.29 is 4.74 Å². The van der Waals surface area contributed by atoms with E-state index < -0.39 is 0 Å². The van der Waals surface area contributed by atoms with Gasteiger partial charge in [0.25, 0.3) is 0 Å². The minimum Gasteiger partial charge on any atom is -0.381 e. The van der Waals surface area contributed by atoms with E-state index in [0.29, 0.717) is 12.0 Å². The van der Waals surface area contributed by atoms with Crippen molar-refractivity contribution in [3.05, 3.63) is 34.3 Å². The first-order valence-electron chi connectivity index (χ1n) is 6.79. The summed E-state index contributed by atoms with van der Waals surface area (Å²) in [4.78, 5) is 0. The molecular weight excluding hydrogens is 246 g/mol. The second-order valence-corrected chi connectivity index (χ2v) is 5.48. The molecule has 1 unspecified atom stereocenters. The van der Waals surface area contributed by atoms with Gasteiger partial charge in [-0.1, -0.05) is 24.6 Å². The number of hydrogen-bond acceptors (Lipinski definition) is 2. The fourth-order valence-electron chi connectivity index (χ4n) is 2.77. The highest BCUT2D eigenvalue weighted by Gasteiger charge is 2.25. The molecule has 1 aliphatic rings. The molecule has 1 heterocycles. The minimum absolute atomic E-state index is 0.399. The zero-order valence-electron chi connectivity index (χ0n) is 11.2. The monoisotopic (exact) mass is 267 g/mol. The Bertz CT molecular complexity index is 368. The summed E-state index contributed by atoms with van der Waals surface area (Å²) in [7, 11) is 0. The van der Waals surface area contributed by atoms with E-state index in [0.717, 1.165) is 37.6 Å². The smallest absolute Gasteiger partial charge is 0.0469 e. The summed E-state index contributed by atoms with van der Waals surface area (Å²) in [5, 5.41) is 4.44. The summed E-state index contributed by atoms with van der Waals surface area (Å²) in [6, 6.07) is 6.75. The summed E-state index contributed by atoms with van der Waals surface area (Å²) in [5.74, 6) is 0.650. The van der Waals surface area contributed by atoms with Gasteiger partial charge in [0, 0.05) is 24.3 Å². The van der Waals surface area contributed by atoms with Gasteiger partial charge in [-0.3, -0.25) is 0 Å². The molecule has 1 fully saturated rings. The molecule has 1 aliphatic heterocycles. The molecule has 0 aromatic heterocycles. The minimum atomic E-state index is 0.399. The molecule has 1 atom stereocenters. The van der Waals surface area contributed by atoms with Gasteiger partial charge in [-0.25, -0.2) is 0 Å². The normalized spacial score (nSPS) is 18.8. The molecule has 2 rings (SSSR count). The van der Waals surface area contributed by atoms with Crippen molar-refractivity contribution in [2.45, 2.75) is 32.7 Å². The van der Waals surface area contributed by atoms with Crippen molar-refractivity contribution in [2.75, 3.05) is 19.8 Å². The van der Waals surface area contributed by atoms with E-state index in [2.05, 4.69) is 31.3 Å². The van der Waals surface area contributed by atoms with Crippen molar-refractivity contribution in [3.63, 3.8) is 0 Å². The molecule has 18 heavy (non-hydrogen) atoms. The summed E-state index contributed by atoms with van der Waals surface area (Å²) >= 11 is 6.18. The van der Waals surface area contributed by atoms with E-state index in [1.807, 2.05) is 6.07 Å². The van der Waals surface area contributed by atoms with Crippen LogP contribution < -0.4 is 5.32 Å². The Kier molecular flexibility index (Phi) is 5.04. The quantitative estimate of drug-likeness (QED) is 0.898. The van der Waals surface area contributed by atoms with Crippen molar-refractivity contribution in [1.29, 1.82) is 0 Å². The molecule has 0 radical (unpaired) electrons. The van der Waals surface area contributed by atoms with Crippen LogP contribution >= 0.6 is 11.6 Å². The highest BCUT2D eigenvalue weighted by molar-refractivity contribution is 6.30. The number of nitrogens with one attached hydrogen (secondary N) is 1. The van der Waals surface area contributed by atoms with Crippen LogP contribution in [0, 0.1) is 12.8 Å². The summed E-state index contributed by atoms with van der Waals surface area (Å²) in [6.07, 6.45) is 2.26. The number of aryl methyl sites for hydroxylation is 1. The largest absolute Gasteiger partial charge is 0.381 e. The van der Waals surface area contributed by atoms with Crippen LogP contribution in [0.4, 0.5) is 0 Å². The van der Waals surface area contributed by atoms with Crippen LogP contribution in [0.15, 0.2) is 18.2 Å². The van der Waals surface area contributed by atoms with Crippen molar-refractivity contribution >= 4 is 11.6 Å². The van der Waals surface area contributed by atoms with E-state index in [-0.39, 0.29) is 0 Å². The molecule has 100 valence electrons. The van der Waals surface area contributed by atoms with Crippen LogP contribution in [0.5, 0.6) is 0 Å². The van der Waals surface area contributed by atoms with Gasteiger partial charge in [-0.15, -0.1) is 0 Å². The lowest BCUT2D eigenvalue weighted by atomic mass is 9.86. The maximum atomic E-state index is 6.18. The number of ether oxygens (including phenoxy) is 1. The van der Waals surface area contributed by atoms with E-state index in [4.69, 9.17) is 16.3 Å². The summed E-state index contributed by atoms with van der Waals surface area (Å²) < 4.78 is 5.46. The average Bonchev–Trinajstić information content (AvgIpc) is 2.36. The molecule has 0 spiro atoms. The Morgan fingerprint density at radius 3 is 2.67 bits per heavy atom. The maximum Gasteiger partial charge on any atom is 0.0469 e. The van der Waals surface area contributed by atoms with Crippen molar-refractivity contribution in [2.24, 2.45) is 5.92 Å². The number of hydrogen-bond donors (Lipinski definition) is 1. The van der Waals surface area contributed by atoms with E-state index in [1.165, 1.54) is 11.1 Å². The van der Waals surface area contributed by atoms with Crippen LogP contribution in [0.3, 0.4) is 0 Å². The fraction of sp³-hybridized carbons (Fsp3) is 0.600. The lowest BCUT2D eigenvalue weighted by Crippen LogP contribution is -2.32. The van der Waals surface area contributed by atoms with E-state index in [9.17, 15) is 0 Å². The summed E-state index contributed by atoms with van der Waals surface area (Å²) in [6.45, 7) is 7.00. The Morgan fingerprint density at radius 2 is 2.06 bits per heavy atom. The second kappa shape index (κ2) is 6.55. The van der Waals surface area contributed by atoms with Crippen LogP contribution in [0.25, 0.3) is 0 Å². The van der Waals surface area contributed by atoms with Crippen molar-refractivity contribution in [3.8, 4) is 0 Å². The predicted octanol–water partition coefficient (Wildman–Crippen LogP) is 3.73. The first-order valence-corrected chi connectivity index (χ1v) is 7.16. The maximum absolute atomic E-state index is 6.18. The molecule has 0 amide bonds. The van der Waals surface area contributed by atoms with Gasteiger partial charge in [0.2, 0.25) is 0 Å². The molecule has 0 aliphatic carbocycles. The van der Waals surface area contributed by atoms with Gasteiger partial charge in [-0.05, 0) is 55.5 Å². The number of halogens is 1. The molecule has 2 nitrogen and oxygen atoms in total. The Labute approximate surface area is 115 Å². The SMILES string of the molecule is CCNC(c1cc(C)cc(Cl)c1)C1CCOCC1. The average molecular weight is 268 g/mol. The first kappa shape index (κ1) is 13.9. The molecule has 0 saturated carbocycles. The molecule has 3 heteroatoms. The Hall–Kier alpha value is -0.570. The van der Waals surface area contributed by atoms with Gasteiger partial charge in [0.15, 0.2) is 0 Å². The lowest BCUT2D eigenvalue weighted by molar-refractivity contribution is 0.0538. The third-order valence-corrected chi connectivity index (χ3v) is 3.80. The predicted molar refractivity (Wildman–Crippen MR) is 76.1 cm³/mol. The summed E-state index contributed by atoms with van der Waals surface area (Å²) in [5.41, 5.74) is 2.54. The van der Waals surface area contributed by atoms with Crippen LogP contribution in [-0.4, -0.2) is 19.8 Å². The lowest BCUT2D eigenvalue weighted by Gasteiger charge is -2.31. The van der Waals surface area contributed by atoms with Gasteiger partial charge in [-0.2, -0.15) is 0 Å². The van der Waals surface area contributed by atoms with E-state index in [1.54, 1.807) is 0 Å². The Balaban J connectivity index is 2.22. The highest BCUT2D eigenvalue weighted by Crippen LogP contribution is 2.31. The third kappa shape index (κ3) is 3.47. The third-order valence-electron chi connectivity index (χ3n) is 3.58. The topological polar surface area (TPSA) is 21.3 Å². The first-order chi connectivity index (χ1) is 8.70. The number of benzene rings is 1. The Morgan fingerprint density at radius 1 is 1.33 bits per heavy atom. The van der Waals surface area contributed by atoms with Gasteiger partial charge >= 0.3 is 0 Å². The highest BCUT2D eigenvalue weighted by atomic mass is 35.5. The van der Waals surface area contributed by atoms with Crippen molar-refractivity contribution in [1.82, 2.24) is 5.32 Å². The van der Waals surface area contributed by atoms with E-state index >= 15 is 0 Å². The van der Waals surface area contributed by atoms with Crippen LogP contribution in [0.2, 0.25) is 5.02 Å².